The summed E-state index contributed by atoms with van der Waals surface area (Å²) in [6.07, 6.45) is 7.87. The normalized spacial score (nSPS) is 15.7. The lowest BCUT2D eigenvalue weighted by molar-refractivity contribution is 0.599. The predicted octanol–water partition coefficient (Wildman–Crippen LogP) is 2.74. The van der Waals surface area contributed by atoms with Crippen molar-refractivity contribution in [3.05, 3.63) is 50.6 Å². The quantitative estimate of drug-likeness (QED) is 0.730. The van der Waals surface area contributed by atoms with Gasteiger partial charge in [0.2, 0.25) is 0 Å². The Labute approximate surface area is 131 Å². The van der Waals surface area contributed by atoms with Crippen LogP contribution in [-0.2, 0) is 12.8 Å². The molecule has 0 N–H and O–H groups in total. The van der Waals surface area contributed by atoms with Crippen LogP contribution < -0.4 is 5.56 Å². The lowest BCUT2D eigenvalue weighted by Crippen LogP contribution is -2.25. The SMILES string of the molecule is CC(c1nc2c(s1)CCCC2)n1cnc2cccnc2c1=O. The fourth-order valence-electron chi connectivity index (χ4n) is 2.91. The zero-order chi connectivity index (χ0) is 15.1. The third kappa shape index (κ3) is 2.14. The van der Waals surface area contributed by atoms with Crippen LogP contribution >= 0.6 is 11.3 Å². The molecule has 1 aliphatic rings. The Balaban J connectivity index is 1.79. The molecule has 3 aromatic heterocycles. The second-order valence-electron chi connectivity index (χ2n) is 5.63. The van der Waals surface area contributed by atoms with E-state index >= 15 is 0 Å². The minimum atomic E-state index is -0.109. The van der Waals surface area contributed by atoms with Crippen molar-refractivity contribution >= 4 is 22.4 Å². The Hall–Kier alpha value is -2.08. The van der Waals surface area contributed by atoms with Gasteiger partial charge in [-0.15, -0.1) is 11.3 Å². The van der Waals surface area contributed by atoms with Crippen molar-refractivity contribution in [1.29, 1.82) is 0 Å². The number of thiazole rings is 1. The molecule has 5 nitrogen and oxygen atoms in total. The molecular formula is C16H16N4OS. The Morgan fingerprint density at radius 1 is 1.27 bits per heavy atom. The van der Waals surface area contributed by atoms with E-state index in [1.165, 1.54) is 23.4 Å². The number of hydrogen-bond donors (Lipinski definition) is 0. The fraction of sp³-hybridized carbons (Fsp3) is 0.375. The molecule has 1 atom stereocenters. The average molecular weight is 312 g/mol. The summed E-state index contributed by atoms with van der Waals surface area (Å²) in [5, 5.41) is 0.992. The molecule has 0 amide bonds. The molecule has 3 heterocycles. The van der Waals surface area contributed by atoms with E-state index in [9.17, 15) is 4.79 Å². The second-order valence-corrected chi connectivity index (χ2v) is 6.75. The van der Waals surface area contributed by atoms with Gasteiger partial charge in [-0.05, 0) is 44.7 Å². The van der Waals surface area contributed by atoms with E-state index in [1.54, 1.807) is 40.6 Å². The van der Waals surface area contributed by atoms with Crippen LogP contribution in [0.25, 0.3) is 11.0 Å². The number of fused-ring (bicyclic) bond motifs is 2. The standard InChI is InChI=1S/C16H16N4OS/c1-10(15-19-11-5-2-3-7-13(11)22-15)20-9-18-12-6-4-8-17-14(12)16(20)21/h4,6,8-10H,2-3,5,7H2,1H3. The largest absolute Gasteiger partial charge is 0.288 e. The molecule has 4 rings (SSSR count). The van der Waals surface area contributed by atoms with Gasteiger partial charge in [0.25, 0.3) is 5.56 Å². The number of aromatic nitrogens is 4. The molecule has 0 aromatic carbocycles. The molecule has 0 saturated carbocycles. The minimum absolute atomic E-state index is 0.105. The number of rotatable bonds is 2. The van der Waals surface area contributed by atoms with Crippen LogP contribution in [-0.4, -0.2) is 19.5 Å². The number of hydrogen-bond acceptors (Lipinski definition) is 5. The first-order chi connectivity index (χ1) is 10.7. The Bertz CT molecular complexity index is 875. The summed E-state index contributed by atoms with van der Waals surface area (Å²) < 4.78 is 1.64. The van der Waals surface area contributed by atoms with E-state index in [1.807, 2.05) is 6.92 Å². The zero-order valence-corrected chi connectivity index (χ0v) is 13.1. The molecule has 0 aliphatic heterocycles. The highest BCUT2D eigenvalue weighted by Crippen LogP contribution is 2.30. The Kier molecular flexibility index (Phi) is 3.26. The summed E-state index contributed by atoms with van der Waals surface area (Å²) in [6, 6.07) is 3.49. The first kappa shape index (κ1) is 13.6. The van der Waals surface area contributed by atoms with Crippen molar-refractivity contribution in [3.63, 3.8) is 0 Å². The molecule has 0 bridgehead atoms. The maximum Gasteiger partial charge on any atom is 0.280 e. The lowest BCUT2D eigenvalue weighted by atomic mass is 10.0. The highest BCUT2D eigenvalue weighted by atomic mass is 32.1. The van der Waals surface area contributed by atoms with Crippen LogP contribution in [0.1, 0.15) is 41.4 Å². The number of pyridine rings is 1. The fourth-order valence-corrected chi connectivity index (χ4v) is 4.11. The molecule has 112 valence electrons. The van der Waals surface area contributed by atoms with E-state index in [0.717, 1.165) is 17.8 Å². The van der Waals surface area contributed by atoms with E-state index < -0.39 is 0 Å². The third-order valence-corrected chi connectivity index (χ3v) is 5.51. The van der Waals surface area contributed by atoms with Crippen LogP contribution in [0.3, 0.4) is 0 Å². The van der Waals surface area contributed by atoms with Gasteiger partial charge >= 0.3 is 0 Å². The van der Waals surface area contributed by atoms with Crippen molar-refractivity contribution in [2.24, 2.45) is 0 Å². The summed E-state index contributed by atoms with van der Waals surface area (Å²) >= 11 is 1.73. The Morgan fingerprint density at radius 3 is 3.00 bits per heavy atom. The van der Waals surface area contributed by atoms with Crippen molar-refractivity contribution in [1.82, 2.24) is 19.5 Å². The molecule has 3 aromatic rings. The van der Waals surface area contributed by atoms with Gasteiger partial charge in [-0.2, -0.15) is 0 Å². The van der Waals surface area contributed by atoms with Gasteiger partial charge in [0, 0.05) is 11.1 Å². The highest BCUT2D eigenvalue weighted by molar-refractivity contribution is 7.11. The highest BCUT2D eigenvalue weighted by Gasteiger charge is 2.20. The third-order valence-electron chi connectivity index (χ3n) is 4.18. The molecule has 1 unspecified atom stereocenters. The predicted molar refractivity (Wildman–Crippen MR) is 86.4 cm³/mol. The zero-order valence-electron chi connectivity index (χ0n) is 12.3. The van der Waals surface area contributed by atoms with E-state index in [0.29, 0.717) is 11.0 Å². The van der Waals surface area contributed by atoms with Crippen molar-refractivity contribution < 1.29 is 0 Å². The molecule has 0 saturated heterocycles. The molecular weight excluding hydrogens is 296 g/mol. The summed E-state index contributed by atoms with van der Waals surface area (Å²) in [5.74, 6) is 0. The van der Waals surface area contributed by atoms with Gasteiger partial charge in [0.15, 0.2) is 5.52 Å². The van der Waals surface area contributed by atoms with Gasteiger partial charge in [-0.1, -0.05) is 0 Å². The first-order valence-corrected chi connectivity index (χ1v) is 8.36. The maximum atomic E-state index is 12.6. The number of aryl methyl sites for hydroxylation is 2. The summed E-state index contributed by atoms with van der Waals surface area (Å²) in [7, 11) is 0. The Morgan fingerprint density at radius 2 is 2.14 bits per heavy atom. The average Bonchev–Trinajstić information content (AvgIpc) is 2.99. The van der Waals surface area contributed by atoms with Crippen LogP contribution in [0, 0.1) is 0 Å². The molecule has 0 spiro atoms. The lowest BCUT2D eigenvalue weighted by Gasteiger charge is -2.12. The van der Waals surface area contributed by atoms with Crippen LogP contribution in [0.2, 0.25) is 0 Å². The van der Waals surface area contributed by atoms with Crippen LogP contribution in [0.15, 0.2) is 29.5 Å². The van der Waals surface area contributed by atoms with E-state index in [-0.39, 0.29) is 11.6 Å². The van der Waals surface area contributed by atoms with E-state index in [4.69, 9.17) is 4.98 Å². The second kappa shape index (κ2) is 5.28. The molecule has 0 fully saturated rings. The monoisotopic (exact) mass is 312 g/mol. The van der Waals surface area contributed by atoms with Gasteiger partial charge in [0.1, 0.15) is 5.01 Å². The van der Waals surface area contributed by atoms with Crippen molar-refractivity contribution in [2.45, 2.75) is 38.6 Å². The molecule has 6 heteroatoms. The van der Waals surface area contributed by atoms with Crippen molar-refractivity contribution in [2.75, 3.05) is 0 Å². The topological polar surface area (TPSA) is 60.7 Å². The van der Waals surface area contributed by atoms with Gasteiger partial charge in [-0.3, -0.25) is 9.36 Å². The van der Waals surface area contributed by atoms with Crippen molar-refractivity contribution in [3.8, 4) is 0 Å². The number of nitrogens with zero attached hydrogens (tertiary/aromatic N) is 4. The maximum absolute atomic E-state index is 12.6. The van der Waals surface area contributed by atoms with Gasteiger partial charge in [0.05, 0.1) is 23.6 Å². The summed E-state index contributed by atoms with van der Waals surface area (Å²) in [4.78, 5) is 27.3. The van der Waals surface area contributed by atoms with Crippen LogP contribution in [0.4, 0.5) is 0 Å². The van der Waals surface area contributed by atoms with Gasteiger partial charge < -0.3 is 0 Å². The smallest absolute Gasteiger partial charge is 0.280 e. The first-order valence-electron chi connectivity index (χ1n) is 7.54. The van der Waals surface area contributed by atoms with Crippen LogP contribution in [0.5, 0.6) is 0 Å². The molecule has 22 heavy (non-hydrogen) atoms. The molecule has 1 aliphatic carbocycles. The van der Waals surface area contributed by atoms with Gasteiger partial charge in [-0.25, -0.2) is 15.0 Å². The molecule has 0 radical (unpaired) electrons. The van der Waals surface area contributed by atoms with E-state index in [2.05, 4.69) is 9.97 Å². The summed E-state index contributed by atoms with van der Waals surface area (Å²) in [5.41, 5.74) is 2.16. The summed E-state index contributed by atoms with van der Waals surface area (Å²) in [6.45, 7) is 2.00. The minimum Gasteiger partial charge on any atom is -0.288 e.